The minimum absolute atomic E-state index is 0.00921. The maximum Gasteiger partial charge on any atom is 0.359 e. The summed E-state index contributed by atoms with van der Waals surface area (Å²) in [5.74, 6) is -1.59. The van der Waals surface area contributed by atoms with E-state index in [1.54, 1.807) is 13.8 Å². The molecule has 1 aromatic heterocycles. The average molecular weight is 562 g/mol. The van der Waals surface area contributed by atoms with Crippen molar-refractivity contribution in [3.63, 3.8) is 0 Å². The number of fused-ring (bicyclic) bond motifs is 1. The molecule has 1 amide bonds. The molecule has 2 aromatic carbocycles. The Morgan fingerprint density at radius 1 is 1.26 bits per heavy atom. The Kier molecular flexibility index (Phi) is 8.63. The van der Waals surface area contributed by atoms with E-state index in [-0.39, 0.29) is 54.4 Å². The van der Waals surface area contributed by atoms with Gasteiger partial charge >= 0.3 is 7.60 Å². The van der Waals surface area contributed by atoms with Crippen LogP contribution in [0.4, 0.5) is 4.39 Å². The van der Waals surface area contributed by atoms with Crippen molar-refractivity contribution < 1.29 is 37.7 Å². The Morgan fingerprint density at radius 3 is 2.72 bits per heavy atom. The van der Waals surface area contributed by atoms with Gasteiger partial charge in [0.2, 0.25) is 5.75 Å². The monoisotopic (exact) mass is 561 g/mol. The third kappa shape index (κ3) is 6.43. The molecule has 0 spiro atoms. The number of ether oxygens (including phenoxy) is 2. The van der Waals surface area contributed by atoms with Crippen LogP contribution in [0.3, 0.4) is 0 Å². The molecule has 4 rings (SSSR count). The van der Waals surface area contributed by atoms with Gasteiger partial charge in [-0.2, -0.15) is 0 Å². The number of carbonyl (C=O) groups is 1. The Hall–Kier alpha value is -3.41. The second-order valence-electron chi connectivity index (χ2n) is 9.24. The maximum atomic E-state index is 13.9. The van der Waals surface area contributed by atoms with Crippen LogP contribution in [0.1, 0.15) is 41.3 Å². The first-order chi connectivity index (χ1) is 18.5. The van der Waals surface area contributed by atoms with E-state index in [0.29, 0.717) is 0 Å². The number of rotatable bonds is 10. The van der Waals surface area contributed by atoms with E-state index in [1.807, 2.05) is 30.3 Å². The third-order valence-corrected chi connectivity index (χ3v) is 7.59. The highest BCUT2D eigenvalue weighted by atomic mass is 31.2. The van der Waals surface area contributed by atoms with Crippen LogP contribution >= 0.6 is 7.60 Å². The average Bonchev–Trinajstić information content (AvgIpc) is 2.91. The number of hydrogen-bond acceptors (Lipinski definition) is 8. The highest BCUT2D eigenvalue weighted by Crippen LogP contribution is 2.41. The molecule has 1 aliphatic heterocycles. The summed E-state index contributed by atoms with van der Waals surface area (Å²) in [4.78, 5) is 41.6. The van der Waals surface area contributed by atoms with Gasteiger partial charge in [-0.3, -0.25) is 18.7 Å². The van der Waals surface area contributed by atoms with E-state index in [4.69, 9.17) is 19.1 Å². The fourth-order valence-electron chi connectivity index (χ4n) is 4.12. The third-order valence-electron chi connectivity index (χ3n) is 6.03. The zero-order valence-corrected chi connectivity index (χ0v) is 22.3. The first-order valence-electron chi connectivity index (χ1n) is 12.1. The number of amides is 1. The number of aliphatic hydroxyl groups is 1. The number of nitrogens with zero attached hydrogens (tertiary/aromatic N) is 2. The second kappa shape index (κ2) is 11.8. The van der Waals surface area contributed by atoms with Crippen molar-refractivity contribution in [2.45, 2.75) is 39.1 Å². The van der Waals surface area contributed by atoms with E-state index in [2.05, 4.69) is 10.3 Å². The van der Waals surface area contributed by atoms with Crippen LogP contribution in [-0.2, 0) is 39.1 Å². The first kappa shape index (κ1) is 28.6. The zero-order chi connectivity index (χ0) is 28.2. The molecule has 1 atom stereocenters. The molecule has 3 N–H and O–H groups in total. The molecule has 13 heteroatoms. The summed E-state index contributed by atoms with van der Waals surface area (Å²) in [5.41, 5.74) is -0.918. The molecular formula is C26H29FN3O8P. The van der Waals surface area contributed by atoms with Crippen molar-refractivity contribution in [1.29, 1.82) is 0 Å². The van der Waals surface area contributed by atoms with Gasteiger partial charge in [-0.05, 0) is 37.1 Å². The van der Waals surface area contributed by atoms with Crippen molar-refractivity contribution >= 4 is 18.8 Å². The fraction of sp³-hybridized carbons (Fsp3) is 0.346. The summed E-state index contributed by atoms with van der Waals surface area (Å²) in [5, 5.41) is 11.1. The highest BCUT2D eigenvalue weighted by molar-refractivity contribution is 7.61. The van der Waals surface area contributed by atoms with Crippen LogP contribution in [0.5, 0.6) is 5.75 Å². The zero-order valence-electron chi connectivity index (χ0n) is 21.4. The Bertz CT molecular complexity index is 1460. The Balaban J connectivity index is 1.67. The standard InChI is InChI=1S/C26H29FN3O8P/c1-26(2)25-29-21(22(24(33)30(25)10-12-37-26)36-16-17-6-4-3-5-7-17)23(32)28-15-18-8-9-19(27)14-20(18)39(34,35)38-13-11-31/h3-9,14,31H,10-13,15-16H2,1-2H3,(H,28,32)(H,34,35). The van der Waals surface area contributed by atoms with Crippen molar-refractivity contribution in [2.75, 3.05) is 19.8 Å². The lowest BCUT2D eigenvalue weighted by Crippen LogP contribution is -2.43. The van der Waals surface area contributed by atoms with Crippen LogP contribution in [0.25, 0.3) is 0 Å². The van der Waals surface area contributed by atoms with Gasteiger partial charge in [0.1, 0.15) is 23.8 Å². The number of benzene rings is 2. The van der Waals surface area contributed by atoms with Crippen LogP contribution in [-0.4, -0.2) is 45.3 Å². The smallest absolute Gasteiger partial charge is 0.359 e. The van der Waals surface area contributed by atoms with Crippen LogP contribution < -0.4 is 20.9 Å². The molecule has 0 fully saturated rings. The quantitative estimate of drug-likeness (QED) is 0.316. The predicted octanol–water partition coefficient (Wildman–Crippen LogP) is 1.98. The normalized spacial score (nSPS) is 15.7. The van der Waals surface area contributed by atoms with Gasteiger partial charge in [0.25, 0.3) is 11.5 Å². The van der Waals surface area contributed by atoms with Crippen LogP contribution in [0.15, 0.2) is 53.3 Å². The maximum absolute atomic E-state index is 13.9. The summed E-state index contributed by atoms with van der Waals surface area (Å²) in [7, 11) is -4.51. The number of carbonyl (C=O) groups excluding carboxylic acids is 1. The number of halogens is 1. The first-order valence-corrected chi connectivity index (χ1v) is 13.7. The SMILES string of the molecule is CC1(C)OCCn2c1nc(C(=O)NCc1ccc(F)cc1P(=O)(O)OCCO)c(OCc1ccccc1)c2=O. The molecule has 0 saturated carbocycles. The van der Waals surface area contributed by atoms with Crippen molar-refractivity contribution in [2.24, 2.45) is 0 Å². The molecule has 208 valence electrons. The molecule has 1 aliphatic rings. The van der Waals surface area contributed by atoms with Crippen molar-refractivity contribution in [1.82, 2.24) is 14.9 Å². The molecule has 2 heterocycles. The number of aromatic nitrogens is 2. The second-order valence-corrected chi connectivity index (χ2v) is 11.0. The van der Waals surface area contributed by atoms with E-state index in [1.165, 1.54) is 10.6 Å². The largest absolute Gasteiger partial charge is 0.481 e. The van der Waals surface area contributed by atoms with E-state index >= 15 is 0 Å². The summed E-state index contributed by atoms with van der Waals surface area (Å²) < 4.78 is 44.4. The highest BCUT2D eigenvalue weighted by Gasteiger charge is 2.35. The molecule has 0 saturated heterocycles. The topological polar surface area (TPSA) is 149 Å². The molecule has 3 aromatic rings. The Labute approximate surface area is 223 Å². The van der Waals surface area contributed by atoms with E-state index in [9.17, 15) is 23.4 Å². The van der Waals surface area contributed by atoms with Crippen molar-refractivity contribution in [3.8, 4) is 5.75 Å². The lowest BCUT2D eigenvalue weighted by molar-refractivity contribution is -0.0567. The Morgan fingerprint density at radius 2 is 2.00 bits per heavy atom. The number of nitrogens with one attached hydrogen (secondary N) is 1. The van der Waals surface area contributed by atoms with Gasteiger partial charge in [0, 0.05) is 6.54 Å². The van der Waals surface area contributed by atoms with Gasteiger partial charge < -0.3 is 29.3 Å². The van der Waals surface area contributed by atoms with Gasteiger partial charge in [-0.25, -0.2) is 9.37 Å². The van der Waals surface area contributed by atoms with E-state index < -0.39 is 43.7 Å². The molecular weight excluding hydrogens is 532 g/mol. The lowest BCUT2D eigenvalue weighted by Gasteiger charge is -2.32. The van der Waals surface area contributed by atoms with Crippen LogP contribution in [0, 0.1) is 5.82 Å². The lowest BCUT2D eigenvalue weighted by atomic mass is 10.1. The van der Waals surface area contributed by atoms with Crippen molar-refractivity contribution in [3.05, 3.63) is 87.3 Å². The fourth-order valence-corrected chi connectivity index (χ4v) is 5.39. The summed E-state index contributed by atoms with van der Waals surface area (Å²) in [6.45, 7) is 2.69. The van der Waals surface area contributed by atoms with Gasteiger partial charge in [-0.15, -0.1) is 0 Å². The molecule has 11 nitrogen and oxygen atoms in total. The van der Waals surface area contributed by atoms with E-state index in [0.717, 1.165) is 17.7 Å². The van der Waals surface area contributed by atoms with Gasteiger partial charge in [-0.1, -0.05) is 36.4 Å². The number of hydrogen-bond donors (Lipinski definition) is 3. The molecule has 0 aliphatic carbocycles. The minimum atomic E-state index is -4.51. The molecule has 0 radical (unpaired) electrons. The summed E-state index contributed by atoms with van der Waals surface area (Å²) in [6.07, 6.45) is 0. The molecule has 39 heavy (non-hydrogen) atoms. The minimum Gasteiger partial charge on any atom is -0.481 e. The van der Waals surface area contributed by atoms with Gasteiger partial charge in [0.15, 0.2) is 5.69 Å². The molecule has 0 bridgehead atoms. The predicted molar refractivity (Wildman–Crippen MR) is 138 cm³/mol. The van der Waals surface area contributed by atoms with Crippen LogP contribution in [0.2, 0.25) is 0 Å². The molecule has 1 unspecified atom stereocenters. The van der Waals surface area contributed by atoms with Gasteiger partial charge in [0.05, 0.1) is 31.7 Å². The summed E-state index contributed by atoms with van der Waals surface area (Å²) in [6, 6.07) is 12.2. The summed E-state index contributed by atoms with van der Waals surface area (Å²) >= 11 is 0. The number of aliphatic hydroxyl groups excluding tert-OH is 1.